The van der Waals surface area contributed by atoms with Crippen LogP contribution in [0.15, 0.2) is 42.6 Å². The van der Waals surface area contributed by atoms with Gasteiger partial charge < -0.3 is 10.5 Å². The maximum absolute atomic E-state index is 13.7. The highest BCUT2D eigenvalue weighted by Crippen LogP contribution is 2.21. The van der Waals surface area contributed by atoms with Crippen LogP contribution in [-0.4, -0.2) is 4.98 Å². The van der Waals surface area contributed by atoms with Crippen molar-refractivity contribution >= 4 is 0 Å². The Labute approximate surface area is 105 Å². The summed E-state index contributed by atoms with van der Waals surface area (Å²) in [7, 11) is 0. The summed E-state index contributed by atoms with van der Waals surface area (Å²) in [6.07, 6.45) is 1.69. The molecular formula is C14H15FN2O. The van der Waals surface area contributed by atoms with Gasteiger partial charge in [0.1, 0.15) is 18.2 Å². The summed E-state index contributed by atoms with van der Waals surface area (Å²) < 4.78 is 19.1. The highest BCUT2D eigenvalue weighted by atomic mass is 19.1. The van der Waals surface area contributed by atoms with Crippen LogP contribution in [0.1, 0.15) is 24.2 Å². The normalized spacial score (nSPS) is 12.2. The molecule has 0 saturated carbocycles. The molecule has 2 rings (SSSR count). The molecule has 3 nitrogen and oxygen atoms in total. The summed E-state index contributed by atoms with van der Waals surface area (Å²) in [5.74, 6) is 0.131. The summed E-state index contributed by atoms with van der Waals surface area (Å²) >= 11 is 0. The van der Waals surface area contributed by atoms with Gasteiger partial charge in [-0.15, -0.1) is 0 Å². The van der Waals surface area contributed by atoms with Crippen LogP contribution in [0.25, 0.3) is 0 Å². The van der Waals surface area contributed by atoms with Crippen LogP contribution in [0.4, 0.5) is 4.39 Å². The highest BCUT2D eigenvalue weighted by molar-refractivity contribution is 5.30. The van der Waals surface area contributed by atoms with Crippen molar-refractivity contribution in [1.82, 2.24) is 4.98 Å². The van der Waals surface area contributed by atoms with E-state index >= 15 is 0 Å². The molecule has 0 bridgehead atoms. The van der Waals surface area contributed by atoms with Crippen molar-refractivity contribution in [3.63, 3.8) is 0 Å². The minimum absolute atomic E-state index is 0.317. The number of nitrogens with zero attached hydrogens (tertiary/aromatic N) is 1. The van der Waals surface area contributed by atoms with Crippen molar-refractivity contribution in [2.45, 2.75) is 19.6 Å². The molecule has 1 unspecified atom stereocenters. The van der Waals surface area contributed by atoms with Gasteiger partial charge in [-0.25, -0.2) is 4.39 Å². The zero-order valence-corrected chi connectivity index (χ0v) is 10.1. The molecule has 0 spiro atoms. The largest absolute Gasteiger partial charge is 0.487 e. The summed E-state index contributed by atoms with van der Waals surface area (Å²) in [6, 6.07) is 9.95. The van der Waals surface area contributed by atoms with Gasteiger partial charge in [-0.2, -0.15) is 0 Å². The lowest BCUT2D eigenvalue weighted by Crippen LogP contribution is -2.07. The summed E-state index contributed by atoms with van der Waals surface area (Å²) in [5, 5.41) is 0. The lowest BCUT2D eigenvalue weighted by Gasteiger charge is -2.10. The molecule has 0 aliphatic rings. The Morgan fingerprint density at radius 3 is 2.78 bits per heavy atom. The lowest BCUT2D eigenvalue weighted by molar-refractivity contribution is 0.299. The van der Waals surface area contributed by atoms with Crippen molar-refractivity contribution in [3.8, 4) is 5.75 Å². The van der Waals surface area contributed by atoms with Crippen LogP contribution in [0.2, 0.25) is 0 Å². The molecule has 0 fully saturated rings. The smallest absolute Gasteiger partial charge is 0.131 e. The first-order valence-corrected chi connectivity index (χ1v) is 5.74. The van der Waals surface area contributed by atoms with Crippen LogP contribution in [0.3, 0.4) is 0 Å². The van der Waals surface area contributed by atoms with E-state index in [9.17, 15) is 4.39 Å². The Balaban J connectivity index is 2.05. The predicted octanol–water partition coefficient (Wildman–Crippen LogP) is 2.82. The van der Waals surface area contributed by atoms with Crippen LogP contribution in [0, 0.1) is 5.82 Å². The van der Waals surface area contributed by atoms with Crippen LogP contribution < -0.4 is 10.5 Å². The van der Waals surface area contributed by atoms with Gasteiger partial charge in [0.25, 0.3) is 0 Å². The molecule has 94 valence electrons. The molecule has 0 aliphatic carbocycles. The van der Waals surface area contributed by atoms with E-state index in [1.807, 2.05) is 18.2 Å². The maximum atomic E-state index is 13.7. The fourth-order valence-corrected chi connectivity index (χ4v) is 1.61. The van der Waals surface area contributed by atoms with E-state index in [0.29, 0.717) is 17.9 Å². The number of benzene rings is 1. The van der Waals surface area contributed by atoms with Gasteiger partial charge in [-0.05, 0) is 25.1 Å². The minimum Gasteiger partial charge on any atom is -0.487 e. The Morgan fingerprint density at radius 1 is 1.33 bits per heavy atom. The zero-order valence-electron chi connectivity index (χ0n) is 10.1. The number of aromatic nitrogens is 1. The average Bonchev–Trinajstić information content (AvgIpc) is 2.37. The molecule has 0 radical (unpaired) electrons. The summed E-state index contributed by atoms with van der Waals surface area (Å²) in [5.41, 5.74) is 6.93. The molecule has 18 heavy (non-hydrogen) atoms. The van der Waals surface area contributed by atoms with Crippen molar-refractivity contribution in [3.05, 3.63) is 59.7 Å². The van der Waals surface area contributed by atoms with E-state index in [2.05, 4.69) is 4.98 Å². The molecule has 2 N–H and O–H groups in total. The Bertz CT molecular complexity index is 514. The fourth-order valence-electron chi connectivity index (χ4n) is 1.61. The first kappa shape index (κ1) is 12.5. The first-order valence-electron chi connectivity index (χ1n) is 5.74. The number of hydrogen-bond acceptors (Lipinski definition) is 3. The highest BCUT2D eigenvalue weighted by Gasteiger charge is 2.08. The van der Waals surface area contributed by atoms with Crippen LogP contribution >= 0.6 is 0 Å². The van der Waals surface area contributed by atoms with Crippen molar-refractivity contribution in [1.29, 1.82) is 0 Å². The van der Waals surface area contributed by atoms with Gasteiger partial charge in [-0.3, -0.25) is 4.98 Å². The SMILES string of the molecule is CC(N)c1ccc(OCc2ccccn2)cc1F. The minimum atomic E-state index is -0.344. The number of pyridine rings is 1. The van der Waals surface area contributed by atoms with E-state index in [-0.39, 0.29) is 11.9 Å². The predicted molar refractivity (Wildman–Crippen MR) is 67.6 cm³/mol. The lowest BCUT2D eigenvalue weighted by atomic mass is 10.1. The number of ether oxygens (including phenoxy) is 1. The second-order valence-electron chi connectivity index (χ2n) is 4.08. The molecule has 1 aromatic heterocycles. The van der Waals surface area contributed by atoms with Gasteiger partial charge in [-0.1, -0.05) is 12.1 Å². The monoisotopic (exact) mass is 246 g/mol. The Hall–Kier alpha value is -1.94. The third kappa shape index (κ3) is 3.05. The van der Waals surface area contributed by atoms with Gasteiger partial charge in [0.2, 0.25) is 0 Å². The molecular weight excluding hydrogens is 231 g/mol. The van der Waals surface area contributed by atoms with Crippen molar-refractivity contribution in [2.75, 3.05) is 0 Å². The molecule has 0 amide bonds. The van der Waals surface area contributed by atoms with Gasteiger partial charge in [0.05, 0.1) is 5.69 Å². The zero-order chi connectivity index (χ0) is 13.0. The molecule has 4 heteroatoms. The number of halogens is 1. The van der Waals surface area contributed by atoms with Crippen molar-refractivity contribution in [2.24, 2.45) is 5.73 Å². The van der Waals surface area contributed by atoms with E-state index in [1.54, 1.807) is 25.3 Å². The van der Waals surface area contributed by atoms with Gasteiger partial charge in [0, 0.05) is 23.9 Å². The average molecular weight is 246 g/mol. The first-order chi connectivity index (χ1) is 8.66. The summed E-state index contributed by atoms with van der Waals surface area (Å²) in [4.78, 5) is 4.12. The quantitative estimate of drug-likeness (QED) is 0.902. The second kappa shape index (κ2) is 5.60. The van der Waals surface area contributed by atoms with E-state index in [0.717, 1.165) is 5.69 Å². The number of hydrogen-bond donors (Lipinski definition) is 1. The second-order valence-corrected chi connectivity index (χ2v) is 4.08. The standard InChI is InChI=1S/C14H15FN2O/c1-10(16)13-6-5-12(8-14(13)15)18-9-11-4-2-3-7-17-11/h2-8,10H,9,16H2,1H3. The van der Waals surface area contributed by atoms with Crippen molar-refractivity contribution < 1.29 is 9.13 Å². The van der Waals surface area contributed by atoms with E-state index < -0.39 is 0 Å². The maximum Gasteiger partial charge on any atom is 0.131 e. The molecule has 1 atom stereocenters. The Kier molecular flexibility index (Phi) is 3.89. The third-order valence-corrected chi connectivity index (χ3v) is 2.58. The Morgan fingerprint density at radius 2 is 2.17 bits per heavy atom. The van der Waals surface area contributed by atoms with Crippen LogP contribution in [-0.2, 0) is 6.61 Å². The van der Waals surface area contributed by atoms with Gasteiger partial charge >= 0.3 is 0 Å². The molecule has 1 aromatic carbocycles. The van der Waals surface area contributed by atoms with E-state index in [4.69, 9.17) is 10.5 Å². The molecule has 0 saturated heterocycles. The topological polar surface area (TPSA) is 48.1 Å². The molecule has 1 heterocycles. The third-order valence-electron chi connectivity index (χ3n) is 2.58. The molecule has 0 aliphatic heterocycles. The van der Waals surface area contributed by atoms with Gasteiger partial charge in [0.15, 0.2) is 0 Å². The number of nitrogens with two attached hydrogens (primary N) is 1. The number of rotatable bonds is 4. The van der Waals surface area contributed by atoms with Crippen LogP contribution in [0.5, 0.6) is 5.75 Å². The molecule has 2 aromatic rings. The summed E-state index contributed by atoms with van der Waals surface area (Å²) in [6.45, 7) is 2.06. The van der Waals surface area contributed by atoms with E-state index in [1.165, 1.54) is 6.07 Å². The fraction of sp³-hybridized carbons (Fsp3) is 0.214.